The molecule has 1 aromatic carbocycles. The molecule has 24 heavy (non-hydrogen) atoms. The number of hydrogen-bond acceptors (Lipinski definition) is 4. The summed E-state index contributed by atoms with van der Waals surface area (Å²) in [6, 6.07) is 9.13. The third kappa shape index (κ3) is 4.66. The minimum Gasteiger partial charge on any atom is -0.366 e. The summed E-state index contributed by atoms with van der Waals surface area (Å²) < 4.78 is 13.7. The van der Waals surface area contributed by atoms with E-state index in [-0.39, 0.29) is 5.82 Å². The van der Waals surface area contributed by atoms with Crippen LogP contribution in [-0.2, 0) is 6.54 Å². The summed E-state index contributed by atoms with van der Waals surface area (Å²) >= 11 is 0. The van der Waals surface area contributed by atoms with Crippen LogP contribution in [-0.4, -0.2) is 16.0 Å². The van der Waals surface area contributed by atoms with Crippen LogP contribution in [0.1, 0.15) is 49.8 Å². The highest BCUT2D eigenvalue weighted by molar-refractivity contribution is 5.43. The Balaban J connectivity index is 1.66. The maximum absolute atomic E-state index is 13.7. The molecule has 1 heterocycles. The molecule has 0 radical (unpaired) electrons. The molecular formula is C19H25FN4. The van der Waals surface area contributed by atoms with Crippen LogP contribution in [0.4, 0.5) is 16.2 Å². The first-order valence-electron chi connectivity index (χ1n) is 8.80. The average Bonchev–Trinajstić information content (AvgIpc) is 2.82. The fourth-order valence-electron chi connectivity index (χ4n) is 3.16. The first kappa shape index (κ1) is 16.7. The minimum atomic E-state index is -0.201. The number of aromatic nitrogens is 2. The van der Waals surface area contributed by atoms with E-state index in [0.717, 1.165) is 11.5 Å². The second-order valence-corrected chi connectivity index (χ2v) is 6.50. The van der Waals surface area contributed by atoms with Crippen LogP contribution in [0.2, 0.25) is 0 Å². The molecule has 0 aliphatic heterocycles. The summed E-state index contributed by atoms with van der Waals surface area (Å²) in [4.78, 5) is 9.04. The van der Waals surface area contributed by atoms with Gasteiger partial charge in [0.1, 0.15) is 11.6 Å². The number of anilines is 2. The van der Waals surface area contributed by atoms with Gasteiger partial charge >= 0.3 is 0 Å². The molecule has 1 aliphatic carbocycles. The van der Waals surface area contributed by atoms with Crippen LogP contribution < -0.4 is 10.6 Å². The van der Waals surface area contributed by atoms with E-state index in [1.54, 1.807) is 12.1 Å². The third-order valence-corrected chi connectivity index (χ3v) is 4.46. The van der Waals surface area contributed by atoms with Crippen molar-refractivity contribution in [2.24, 2.45) is 0 Å². The third-order valence-electron chi connectivity index (χ3n) is 4.46. The molecule has 2 N–H and O–H groups in total. The van der Waals surface area contributed by atoms with Crippen molar-refractivity contribution < 1.29 is 4.39 Å². The SMILES string of the molecule is Cc1cc(NCc2ccccc2F)nc(NC2CCCCCC2)n1. The molecule has 0 spiro atoms. The minimum absolute atomic E-state index is 0.201. The average molecular weight is 328 g/mol. The monoisotopic (exact) mass is 328 g/mol. The van der Waals surface area contributed by atoms with E-state index in [0.29, 0.717) is 24.1 Å². The quantitative estimate of drug-likeness (QED) is 0.783. The van der Waals surface area contributed by atoms with E-state index >= 15 is 0 Å². The van der Waals surface area contributed by atoms with Crippen LogP contribution in [0.15, 0.2) is 30.3 Å². The summed E-state index contributed by atoms with van der Waals surface area (Å²) in [6.07, 6.45) is 7.53. The Labute approximate surface area is 142 Å². The molecule has 1 aromatic heterocycles. The van der Waals surface area contributed by atoms with E-state index in [1.807, 2.05) is 19.1 Å². The number of nitrogens with one attached hydrogen (secondary N) is 2. The molecule has 1 saturated carbocycles. The lowest BCUT2D eigenvalue weighted by Gasteiger charge is -2.17. The van der Waals surface area contributed by atoms with Gasteiger partial charge in [0.25, 0.3) is 0 Å². The zero-order valence-electron chi connectivity index (χ0n) is 14.2. The number of hydrogen-bond donors (Lipinski definition) is 2. The summed E-state index contributed by atoms with van der Waals surface area (Å²) in [5, 5.41) is 6.68. The lowest BCUT2D eigenvalue weighted by atomic mass is 10.1. The summed E-state index contributed by atoms with van der Waals surface area (Å²) in [5.74, 6) is 1.19. The summed E-state index contributed by atoms with van der Waals surface area (Å²) in [5.41, 5.74) is 1.53. The topological polar surface area (TPSA) is 49.8 Å². The highest BCUT2D eigenvalue weighted by Crippen LogP contribution is 2.21. The largest absolute Gasteiger partial charge is 0.366 e. The summed E-state index contributed by atoms with van der Waals surface area (Å²) in [6.45, 7) is 2.36. The van der Waals surface area contributed by atoms with Crippen molar-refractivity contribution in [3.05, 3.63) is 47.4 Å². The first-order valence-corrected chi connectivity index (χ1v) is 8.80. The van der Waals surface area contributed by atoms with E-state index in [9.17, 15) is 4.39 Å². The Morgan fingerprint density at radius 1 is 1.08 bits per heavy atom. The van der Waals surface area contributed by atoms with Crippen molar-refractivity contribution in [3.63, 3.8) is 0 Å². The Morgan fingerprint density at radius 3 is 2.58 bits per heavy atom. The number of nitrogens with zero attached hydrogens (tertiary/aromatic N) is 2. The molecule has 2 aromatic rings. The standard InChI is InChI=1S/C19H25FN4/c1-14-12-18(21-13-15-8-6-7-11-17(15)20)24-19(22-14)23-16-9-4-2-3-5-10-16/h6-8,11-12,16H,2-5,9-10,13H2,1H3,(H2,21,22,23,24). The van der Waals surface area contributed by atoms with Crippen molar-refractivity contribution in [2.45, 2.75) is 58.0 Å². The zero-order valence-corrected chi connectivity index (χ0v) is 14.2. The molecule has 3 rings (SSSR count). The van der Waals surface area contributed by atoms with Gasteiger partial charge in [0.2, 0.25) is 5.95 Å². The van der Waals surface area contributed by atoms with Crippen molar-refractivity contribution >= 4 is 11.8 Å². The molecule has 0 atom stereocenters. The first-order chi connectivity index (χ1) is 11.7. The lowest BCUT2D eigenvalue weighted by molar-refractivity contribution is 0.612. The van der Waals surface area contributed by atoms with E-state index in [2.05, 4.69) is 20.6 Å². The molecule has 4 nitrogen and oxygen atoms in total. The van der Waals surface area contributed by atoms with Crippen LogP contribution in [0.5, 0.6) is 0 Å². The zero-order chi connectivity index (χ0) is 16.8. The Hall–Kier alpha value is -2.17. The molecule has 0 saturated heterocycles. The molecule has 5 heteroatoms. The van der Waals surface area contributed by atoms with Crippen molar-refractivity contribution in [1.29, 1.82) is 0 Å². The van der Waals surface area contributed by atoms with Gasteiger partial charge in [-0.15, -0.1) is 0 Å². The maximum atomic E-state index is 13.7. The van der Waals surface area contributed by atoms with Gasteiger partial charge in [-0.3, -0.25) is 0 Å². The van der Waals surface area contributed by atoms with Gasteiger partial charge in [0.15, 0.2) is 0 Å². The van der Waals surface area contributed by atoms with Crippen LogP contribution in [0.3, 0.4) is 0 Å². The number of halogens is 1. The van der Waals surface area contributed by atoms with E-state index in [1.165, 1.54) is 44.6 Å². The van der Waals surface area contributed by atoms with E-state index in [4.69, 9.17) is 0 Å². The molecule has 128 valence electrons. The number of rotatable bonds is 5. The fourth-order valence-corrected chi connectivity index (χ4v) is 3.16. The van der Waals surface area contributed by atoms with Gasteiger partial charge in [-0.1, -0.05) is 43.9 Å². The van der Waals surface area contributed by atoms with Gasteiger partial charge in [-0.05, 0) is 25.8 Å². The van der Waals surface area contributed by atoms with Gasteiger partial charge in [-0.25, -0.2) is 9.37 Å². The Kier molecular flexibility index (Phi) is 5.62. The summed E-state index contributed by atoms with van der Waals surface area (Å²) in [7, 11) is 0. The molecule has 1 fully saturated rings. The predicted octanol–water partition coefficient (Wildman–Crippen LogP) is 4.67. The van der Waals surface area contributed by atoms with Crippen LogP contribution >= 0.6 is 0 Å². The molecule has 1 aliphatic rings. The normalized spacial score (nSPS) is 15.8. The van der Waals surface area contributed by atoms with Gasteiger partial charge < -0.3 is 10.6 Å². The second kappa shape index (κ2) is 8.08. The van der Waals surface area contributed by atoms with Gasteiger partial charge in [-0.2, -0.15) is 4.98 Å². The Bertz CT molecular complexity index is 666. The molecule has 0 amide bonds. The van der Waals surface area contributed by atoms with Crippen molar-refractivity contribution in [1.82, 2.24) is 9.97 Å². The molecular weight excluding hydrogens is 303 g/mol. The number of aryl methyl sites for hydroxylation is 1. The Morgan fingerprint density at radius 2 is 1.83 bits per heavy atom. The number of benzene rings is 1. The lowest BCUT2D eigenvalue weighted by Crippen LogP contribution is -2.20. The van der Waals surface area contributed by atoms with Crippen LogP contribution in [0, 0.1) is 12.7 Å². The smallest absolute Gasteiger partial charge is 0.225 e. The molecule has 0 unspecified atom stereocenters. The second-order valence-electron chi connectivity index (χ2n) is 6.50. The highest BCUT2D eigenvalue weighted by atomic mass is 19.1. The molecule has 0 bridgehead atoms. The van der Waals surface area contributed by atoms with Gasteiger partial charge in [0.05, 0.1) is 0 Å². The van der Waals surface area contributed by atoms with Crippen molar-refractivity contribution in [3.8, 4) is 0 Å². The maximum Gasteiger partial charge on any atom is 0.225 e. The van der Waals surface area contributed by atoms with Crippen LogP contribution in [0.25, 0.3) is 0 Å². The van der Waals surface area contributed by atoms with Gasteiger partial charge in [0, 0.05) is 29.9 Å². The predicted molar refractivity (Wildman–Crippen MR) is 95.6 cm³/mol. The highest BCUT2D eigenvalue weighted by Gasteiger charge is 2.13. The van der Waals surface area contributed by atoms with E-state index < -0.39 is 0 Å². The fraction of sp³-hybridized carbons (Fsp3) is 0.474. The van der Waals surface area contributed by atoms with Crippen molar-refractivity contribution in [2.75, 3.05) is 10.6 Å².